The van der Waals surface area contributed by atoms with Crippen molar-refractivity contribution < 1.29 is 9.90 Å². The van der Waals surface area contributed by atoms with Crippen LogP contribution in [0.25, 0.3) is 10.9 Å². The summed E-state index contributed by atoms with van der Waals surface area (Å²) in [5.41, 5.74) is 8.41. The van der Waals surface area contributed by atoms with E-state index in [2.05, 4.69) is 17.1 Å². The molecule has 2 aromatic carbocycles. The van der Waals surface area contributed by atoms with Crippen LogP contribution < -0.4 is 11.2 Å². The average molecular weight is 308 g/mol. The summed E-state index contributed by atoms with van der Waals surface area (Å²) in [6, 6.07) is 14.7. The van der Waals surface area contributed by atoms with Crippen LogP contribution in [0.2, 0.25) is 0 Å². The van der Waals surface area contributed by atoms with Crippen molar-refractivity contribution in [3.63, 3.8) is 0 Å². The fraction of sp³-hybridized carbons (Fsp3) is 0.111. The van der Waals surface area contributed by atoms with Crippen LogP contribution in [0.1, 0.15) is 21.6 Å². The first-order chi connectivity index (χ1) is 11.0. The van der Waals surface area contributed by atoms with E-state index in [4.69, 9.17) is 10.8 Å². The summed E-state index contributed by atoms with van der Waals surface area (Å²) < 4.78 is 0. The molecule has 0 saturated heterocycles. The van der Waals surface area contributed by atoms with Crippen molar-refractivity contribution in [3.8, 4) is 0 Å². The number of fused-ring (bicyclic) bond motifs is 1. The smallest absolute Gasteiger partial charge is 0.352 e. The van der Waals surface area contributed by atoms with E-state index in [0.29, 0.717) is 16.6 Å². The lowest BCUT2D eigenvalue weighted by Gasteiger charge is -2.08. The molecule has 5 heteroatoms. The van der Waals surface area contributed by atoms with E-state index in [1.54, 1.807) is 12.1 Å². The van der Waals surface area contributed by atoms with Crippen molar-refractivity contribution in [1.29, 1.82) is 0 Å². The van der Waals surface area contributed by atoms with E-state index >= 15 is 0 Å². The molecule has 116 valence electrons. The molecule has 0 atom stereocenters. The minimum Gasteiger partial charge on any atom is -0.477 e. The van der Waals surface area contributed by atoms with Crippen molar-refractivity contribution in [2.45, 2.75) is 12.8 Å². The number of carboxylic acid groups (broad SMARTS) is 1. The van der Waals surface area contributed by atoms with Gasteiger partial charge in [-0.25, -0.2) is 4.79 Å². The number of aromatic nitrogens is 1. The van der Waals surface area contributed by atoms with Gasteiger partial charge in [0.15, 0.2) is 5.43 Å². The summed E-state index contributed by atoms with van der Waals surface area (Å²) in [5.74, 6) is -1.18. The Balaban J connectivity index is 1.98. The van der Waals surface area contributed by atoms with Crippen LogP contribution in [0.4, 0.5) is 5.69 Å². The van der Waals surface area contributed by atoms with Crippen LogP contribution in [-0.4, -0.2) is 16.1 Å². The number of anilines is 1. The van der Waals surface area contributed by atoms with E-state index in [9.17, 15) is 9.59 Å². The van der Waals surface area contributed by atoms with Gasteiger partial charge in [0.1, 0.15) is 5.69 Å². The van der Waals surface area contributed by atoms with Gasteiger partial charge >= 0.3 is 5.97 Å². The number of rotatable bonds is 4. The van der Waals surface area contributed by atoms with Crippen LogP contribution in [0.15, 0.2) is 53.3 Å². The number of carbonyl (C=O) groups is 1. The Morgan fingerprint density at radius 3 is 2.43 bits per heavy atom. The first kappa shape index (κ1) is 14.8. The van der Waals surface area contributed by atoms with Gasteiger partial charge < -0.3 is 15.8 Å². The molecule has 23 heavy (non-hydrogen) atoms. The zero-order valence-electron chi connectivity index (χ0n) is 12.4. The fourth-order valence-corrected chi connectivity index (χ4v) is 2.63. The minimum absolute atomic E-state index is 0.161. The van der Waals surface area contributed by atoms with Crippen molar-refractivity contribution >= 4 is 22.6 Å². The number of aromatic carboxylic acids is 1. The highest BCUT2D eigenvalue weighted by Gasteiger charge is 2.11. The van der Waals surface area contributed by atoms with E-state index < -0.39 is 5.97 Å². The molecule has 5 nitrogen and oxygen atoms in total. The predicted molar refractivity (Wildman–Crippen MR) is 89.8 cm³/mol. The van der Waals surface area contributed by atoms with Crippen molar-refractivity contribution in [1.82, 2.24) is 4.98 Å². The summed E-state index contributed by atoms with van der Waals surface area (Å²) in [6.45, 7) is 0. The molecule has 0 fully saturated rings. The summed E-state index contributed by atoms with van der Waals surface area (Å²) in [5, 5.41) is 9.43. The lowest BCUT2D eigenvalue weighted by Crippen LogP contribution is -2.11. The quantitative estimate of drug-likeness (QED) is 0.645. The number of benzene rings is 2. The second-order valence-electron chi connectivity index (χ2n) is 5.45. The van der Waals surface area contributed by atoms with Gasteiger partial charge in [-0.3, -0.25) is 4.79 Å². The summed E-state index contributed by atoms with van der Waals surface area (Å²) in [6.07, 6.45) is 1.60. The molecule has 0 aliphatic carbocycles. The maximum absolute atomic E-state index is 12.1. The number of pyridine rings is 1. The standard InChI is InChI=1S/C18H16N2O3/c19-14-9-12(7-6-11-4-2-1-3-5-11)8-13-16(21)10-15(18(22)23)20-17(13)14/h1-5,8-10H,6-7,19H2,(H,20,21)(H,22,23). The van der Waals surface area contributed by atoms with E-state index in [1.165, 1.54) is 5.56 Å². The van der Waals surface area contributed by atoms with Crippen molar-refractivity contribution in [2.75, 3.05) is 5.73 Å². The van der Waals surface area contributed by atoms with Crippen LogP contribution in [0.5, 0.6) is 0 Å². The maximum atomic E-state index is 12.1. The fourth-order valence-electron chi connectivity index (χ4n) is 2.63. The zero-order chi connectivity index (χ0) is 16.4. The van der Waals surface area contributed by atoms with Gasteiger partial charge in [-0.05, 0) is 36.1 Å². The molecule has 1 heterocycles. The van der Waals surface area contributed by atoms with Crippen LogP contribution in [-0.2, 0) is 12.8 Å². The van der Waals surface area contributed by atoms with Gasteiger partial charge in [-0.15, -0.1) is 0 Å². The van der Waals surface area contributed by atoms with E-state index in [0.717, 1.165) is 24.5 Å². The third kappa shape index (κ3) is 3.08. The van der Waals surface area contributed by atoms with Gasteiger partial charge in [-0.2, -0.15) is 0 Å². The zero-order valence-corrected chi connectivity index (χ0v) is 12.4. The van der Waals surface area contributed by atoms with Crippen LogP contribution in [0.3, 0.4) is 0 Å². The molecular formula is C18H16N2O3. The van der Waals surface area contributed by atoms with Gasteiger partial charge in [0.25, 0.3) is 0 Å². The lowest BCUT2D eigenvalue weighted by molar-refractivity contribution is 0.0691. The Hall–Kier alpha value is -3.08. The second-order valence-corrected chi connectivity index (χ2v) is 5.45. The van der Waals surface area contributed by atoms with Crippen LogP contribution in [0, 0.1) is 0 Å². The molecule has 3 rings (SSSR count). The molecule has 0 amide bonds. The number of nitrogen functional groups attached to an aromatic ring is 1. The van der Waals surface area contributed by atoms with Gasteiger partial charge in [-0.1, -0.05) is 30.3 Å². The molecule has 3 aromatic rings. The molecule has 4 N–H and O–H groups in total. The van der Waals surface area contributed by atoms with Crippen molar-refractivity contribution in [3.05, 3.63) is 75.6 Å². The summed E-state index contributed by atoms with van der Waals surface area (Å²) in [7, 11) is 0. The van der Waals surface area contributed by atoms with Gasteiger partial charge in [0.2, 0.25) is 0 Å². The molecule has 0 aliphatic rings. The van der Waals surface area contributed by atoms with E-state index in [-0.39, 0.29) is 11.1 Å². The Kier molecular flexibility index (Phi) is 3.85. The van der Waals surface area contributed by atoms with Gasteiger partial charge in [0, 0.05) is 11.5 Å². The number of aromatic amines is 1. The first-order valence-electron chi connectivity index (χ1n) is 7.27. The maximum Gasteiger partial charge on any atom is 0.352 e. The van der Waals surface area contributed by atoms with E-state index in [1.807, 2.05) is 18.2 Å². The first-order valence-corrected chi connectivity index (χ1v) is 7.27. The molecule has 0 aliphatic heterocycles. The topological polar surface area (TPSA) is 96.2 Å². The van der Waals surface area contributed by atoms with Crippen molar-refractivity contribution in [2.24, 2.45) is 0 Å². The molecular weight excluding hydrogens is 292 g/mol. The number of H-pyrrole nitrogens is 1. The molecule has 0 unspecified atom stereocenters. The summed E-state index contributed by atoms with van der Waals surface area (Å²) in [4.78, 5) is 25.9. The molecule has 0 spiro atoms. The highest BCUT2D eigenvalue weighted by Crippen LogP contribution is 2.20. The highest BCUT2D eigenvalue weighted by molar-refractivity contribution is 5.94. The Labute approximate surface area is 132 Å². The normalized spacial score (nSPS) is 10.8. The number of nitrogens with one attached hydrogen (secondary N) is 1. The van der Waals surface area contributed by atoms with Gasteiger partial charge in [0.05, 0.1) is 11.2 Å². The summed E-state index contributed by atoms with van der Waals surface area (Å²) >= 11 is 0. The lowest BCUT2D eigenvalue weighted by atomic mass is 10.0. The average Bonchev–Trinajstić information content (AvgIpc) is 2.54. The largest absolute Gasteiger partial charge is 0.477 e. The molecule has 0 saturated carbocycles. The molecule has 0 radical (unpaired) electrons. The van der Waals surface area contributed by atoms with Crippen LogP contribution >= 0.6 is 0 Å². The Bertz CT molecular complexity index is 930. The third-order valence-electron chi connectivity index (χ3n) is 3.80. The highest BCUT2D eigenvalue weighted by atomic mass is 16.4. The second kappa shape index (κ2) is 5.96. The number of carboxylic acids is 1. The minimum atomic E-state index is -1.18. The SMILES string of the molecule is Nc1cc(CCc2ccccc2)cc2c(=O)cc(C(=O)O)[nH]c12. The monoisotopic (exact) mass is 308 g/mol. The number of nitrogens with two attached hydrogens (primary N) is 1. The molecule has 1 aromatic heterocycles. The Morgan fingerprint density at radius 2 is 1.74 bits per heavy atom. The number of hydrogen-bond acceptors (Lipinski definition) is 3. The number of hydrogen-bond donors (Lipinski definition) is 3. The predicted octanol–water partition coefficient (Wildman–Crippen LogP) is 2.59. The molecule has 0 bridgehead atoms. The Morgan fingerprint density at radius 1 is 1.04 bits per heavy atom. The number of aryl methyl sites for hydroxylation is 2. The third-order valence-corrected chi connectivity index (χ3v) is 3.80.